The lowest BCUT2D eigenvalue weighted by atomic mass is 10.00. The van der Waals surface area contributed by atoms with Gasteiger partial charge < -0.3 is 10.4 Å². The van der Waals surface area contributed by atoms with Gasteiger partial charge in [-0.05, 0) is 54.7 Å². The summed E-state index contributed by atoms with van der Waals surface area (Å²) in [6.07, 6.45) is 4.76. The summed E-state index contributed by atoms with van der Waals surface area (Å²) < 4.78 is 0. The average molecular weight is 289 g/mol. The van der Waals surface area contributed by atoms with Gasteiger partial charge >= 0.3 is 0 Å². The second-order valence-corrected chi connectivity index (χ2v) is 7.30. The molecular weight excluding hydrogens is 258 g/mol. The minimum absolute atomic E-state index is 0.392. The molecule has 2 rings (SSSR count). The minimum atomic E-state index is -0.392. The lowest BCUT2D eigenvalue weighted by Crippen LogP contribution is -2.26. The maximum Gasteiger partial charge on any atom is 0.0914 e. The van der Waals surface area contributed by atoms with E-state index < -0.39 is 6.10 Å². The van der Waals surface area contributed by atoms with Crippen molar-refractivity contribution in [3.63, 3.8) is 0 Å². The molecular formula is C19H31NO. The monoisotopic (exact) mass is 289 g/mol. The lowest BCUT2D eigenvalue weighted by molar-refractivity contribution is 0.172. The largest absolute Gasteiger partial charge is 0.387 e. The molecule has 21 heavy (non-hydrogen) atoms. The number of nitrogens with one attached hydrogen (secondary N) is 1. The van der Waals surface area contributed by atoms with Crippen LogP contribution in [0.2, 0.25) is 0 Å². The van der Waals surface area contributed by atoms with Gasteiger partial charge in [0.25, 0.3) is 0 Å². The molecule has 2 N–H and O–H groups in total. The van der Waals surface area contributed by atoms with E-state index in [4.69, 9.17) is 0 Å². The zero-order valence-electron chi connectivity index (χ0n) is 13.8. The van der Waals surface area contributed by atoms with E-state index in [2.05, 4.69) is 50.4 Å². The summed E-state index contributed by atoms with van der Waals surface area (Å²) in [5, 5.41) is 13.7. The van der Waals surface area contributed by atoms with Crippen LogP contribution < -0.4 is 5.32 Å². The van der Waals surface area contributed by atoms with Gasteiger partial charge in [0, 0.05) is 6.54 Å². The second-order valence-electron chi connectivity index (χ2n) is 7.30. The van der Waals surface area contributed by atoms with Gasteiger partial charge in [-0.2, -0.15) is 0 Å². The lowest BCUT2D eigenvalue weighted by Gasteiger charge is -2.15. The maximum absolute atomic E-state index is 10.3. The molecule has 0 spiro atoms. The molecule has 0 radical (unpaired) electrons. The van der Waals surface area contributed by atoms with Gasteiger partial charge in [-0.25, -0.2) is 0 Å². The number of hydrogen-bond donors (Lipinski definition) is 2. The van der Waals surface area contributed by atoms with Crippen molar-refractivity contribution in [2.45, 2.75) is 52.6 Å². The summed E-state index contributed by atoms with van der Waals surface area (Å²) >= 11 is 0. The zero-order valence-corrected chi connectivity index (χ0v) is 13.8. The fourth-order valence-electron chi connectivity index (χ4n) is 3.40. The molecule has 1 aromatic carbocycles. The molecule has 0 amide bonds. The molecule has 1 saturated carbocycles. The van der Waals surface area contributed by atoms with E-state index in [9.17, 15) is 5.11 Å². The molecule has 0 heterocycles. The Morgan fingerprint density at radius 2 is 1.90 bits per heavy atom. The molecule has 3 atom stereocenters. The molecule has 1 aliphatic carbocycles. The molecule has 1 fully saturated rings. The first-order valence-corrected chi connectivity index (χ1v) is 8.52. The Kier molecular flexibility index (Phi) is 6.25. The first-order chi connectivity index (χ1) is 10.0. The average Bonchev–Trinajstić information content (AvgIpc) is 2.84. The van der Waals surface area contributed by atoms with E-state index in [0.29, 0.717) is 12.5 Å². The van der Waals surface area contributed by atoms with Gasteiger partial charge in [0.2, 0.25) is 0 Å². The molecule has 3 unspecified atom stereocenters. The van der Waals surface area contributed by atoms with Gasteiger partial charge in [-0.3, -0.25) is 0 Å². The first kappa shape index (κ1) is 16.5. The van der Waals surface area contributed by atoms with Crippen LogP contribution in [0.15, 0.2) is 24.3 Å². The third kappa shape index (κ3) is 5.44. The highest BCUT2D eigenvalue weighted by Gasteiger charge is 2.21. The van der Waals surface area contributed by atoms with Gasteiger partial charge in [0.15, 0.2) is 0 Å². The van der Waals surface area contributed by atoms with Crippen molar-refractivity contribution in [2.75, 3.05) is 13.1 Å². The first-order valence-electron chi connectivity index (χ1n) is 8.52. The van der Waals surface area contributed by atoms with E-state index in [1.54, 1.807) is 0 Å². The number of aliphatic hydroxyl groups excluding tert-OH is 1. The summed E-state index contributed by atoms with van der Waals surface area (Å²) in [4.78, 5) is 0. The van der Waals surface area contributed by atoms with Crippen molar-refractivity contribution in [3.8, 4) is 0 Å². The Labute approximate surface area is 130 Å². The van der Waals surface area contributed by atoms with Crippen LogP contribution in [-0.4, -0.2) is 18.2 Å². The fourth-order valence-corrected chi connectivity index (χ4v) is 3.40. The summed E-state index contributed by atoms with van der Waals surface area (Å²) in [7, 11) is 0. The second kappa shape index (κ2) is 7.95. The van der Waals surface area contributed by atoms with Gasteiger partial charge in [-0.1, -0.05) is 51.5 Å². The van der Waals surface area contributed by atoms with E-state index in [-0.39, 0.29) is 0 Å². The topological polar surface area (TPSA) is 32.3 Å². The molecule has 2 heteroatoms. The standard InChI is InChI=1S/C19H31NO/c1-14(2)10-16-6-8-18(9-7-16)19(21)13-20-12-17-5-4-15(3)11-17/h6-9,14-15,17,19-21H,4-5,10-13H2,1-3H3. The van der Waals surface area contributed by atoms with Crippen molar-refractivity contribution in [1.29, 1.82) is 0 Å². The molecule has 0 aromatic heterocycles. The summed E-state index contributed by atoms with van der Waals surface area (Å²) in [5.41, 5.74) is 2.38. The van der Waals surface area contributed by atoms with Crippen LogP contribution in [0.3, 0.4) is 0 Å². The van der Waals surface area contributed by atoms with Crippen LogP contribution in [-0.2, 0) is 6.42 Å². The maximum atomic E-state index is 10.3. The van der Waals surface area contributed by atoms with Crippen molar-refractivity contribution in [2.24, 2.45) is 17.8 Å². The Bertz CT molecular complexity index is 412. The molecule has 118 valence electrons. The molecule has 1 aromatic rings. The number of benzene rings is 1. The van der Waals surface area contributed by atoms with Crippen LogP contribution in [0.1, 0.15) is 57.3 Å². The molecule has 0 saturated heterocycles. The van der Waals surface area contributed by atoms with E-state index in [1.807, 2.05) is 0 Å². The summed E-state index contributed by atoms with van der Waals surface area (Å²) in [5.74, 6) is 2.37. The smallest absolute Gasteiger partial charge is 0.0914 e. The van der Waals surface area contributed by atoms with Gasteiger partial charge in [0.05, 0.1) is 6.10 Å². The van der Waals surface area contributed by atoms with Crippen LogP contribution in [0, 0.1) is 17.8 Å². The SMILES string of the molecule is CC(C)Cc1ccc(C(O)CNCC2CCC(C)C2)cc1. The van der Waals surface area contributed by atoms with Gasteiger partial charge in [0.1, 0.15) is 0 Å². The predicted octanol–water partition coefficient (Wildman–Crippen LogP) is 3.94. The van der Waals surface area contributed by atoms with Crippen molar-refractivity contribution in [1.82, 2.24) is 5.32 Å². The van der Waals surface area contributed by atoms with Crippen LogP contribution in [0.5, 0.6) is 0 Å². The van der Waals surface area contributed by atoms with E-state index in [0.717, 1.165) is 30.4 Å². The van der Waals surface area contributed by atoms with Crippen LogP contribution in [0.4, 0.5) is 0 Å². The number of hydrogen-bond acceptors (Lipinski definition) is 2. The quantitative estimate of drug-likeness (QED) is 0.797. The Balaban J connectivity index is 1.73. The van der Waals surface area contributed by atoms with Crippen LogP contribution in [0.25, 0.3) is 0 Å². The van der Waals surface area contributed by atoms with E-state index in [1.165, 1.54) is 24.8 Å². The van der Waals surface area contributed by atoms with Crippen LogP contribution >= 0.6 is 0 Å². The van der Waals surface area contributed by atoms with Crippen molar-refractivity contribution >= 4 is 0 Å². The van der Waals surface area contributed by atoms with Crippen molar-refractivity contribution < 1.29 is 5.11 Å². The minimum Gasteiger partial charge on any atom is -0.387 e. The number of aliphatic hydroxyl groups is 1. The third-order valence-electron chi connectivity index (χ3n) is 4.58. The highest BCUT2D eigenvalue weighted by atomic mass is 16.3. The van der Waals surface area contributed by atoms with Crippen molar-refractivity contribution in [3.05, 3.63) is 35.4 Å². The van der Waals surface area contributed by atoms with Gasteiger partial charge in [-0.15, -0.1) is 0 Å². The normalized spacial score (nSPS) is 23.7. The fraction of sp³-hybridized carbons (Fsp3) is 0.684. The summed E-state index contributed by atoms with van der Waals surface area (Å²) in [6.45, 7) is 8.52. The summed E-state index contributed by atoms with van der Waals surface area (Å²) in [6, 6.07) is 8.44. The molecule has 1 aliphatic rings. The highest BCUT2D eigenvalue weighted by molar-refractivity contribution is 5.24. The molecule has 2 nitrogen and oxygen atoms in total. The molecule has 0 bridgehead atoms. The zero-order chi connectivity index (χ0) is 15.2. The van der Waals surface area contributed by atoms with E-state index >= 15 is 0 Å². The Hall–Kier alpha value is -0.860. The predicted molar refractivity (Wildman–Crippen MR) is 89.3 cm³/mol. The number of rotatable bonds is 7. The highest BCUT2D eigenvalue weighted by Crippen LogP contribution is 2.29. The third-order valence-corrected chi connectivity index (χ3v) is 4.58. The Morgan fingerprint density at radius 3 is 2.48 bits per heavy atom. The molecule has 0 aliphatic heterocycles. The Morgan fingerprint density at radius 1 is 1.19 bits per heavy atom.